The van der Waals surface area contributed by atoms with Crippen LogP contribution in [0, 0.1) is 6.92 Å². The quantitative estimate of drug-likeness (QED) is 0.566. The number of anilines is 2. The molecule has 0 aliphatic carbocycles. The molecule has 4 rings (SSSR count). The number of hydrogen-bond donors (Lipinski definition) is 1. The third-order valence-electron chi connectivity index (χ3n) is 5.18. The van der Waals surface area contributed by atoms with Gasteiger partial charge in [-0.2, -0.15) is 0 Å². The first kappa shape index (κ1) is 21.3. The van der Waals surface area contributed by atoms with E-state index in [1.807, 2.05) is 37.4 Å². The van der Waals surface area contributed by atoms with Crippen LogP contribution < -0.4 is 15.0 Å². The molecule has 0 saturated carbocycles. The van der Waals surface area contributed by atoms with Gasteiger partial charge in [0.1, 0.15) is 11.8 Å². The van der Waals surface area contributed by atoms with E-state index in [-0.39, 0.29) is 11.8 Å². The number of fused-ring (bicyclic) bond motifs is 1. The lowest BCUT2D eigenvalue weighted by Crippen LogP contribution is -2.53. The Balaban J connectivity index is 1.71. The second-order valence-electron chi connectivity index (χ2n) is 7.30. The third kappa shape index (κ3) is 4.16. The Morgan fingerprint density at radius 1 is 1.32 bits per heavy atom. The Labute approximate surface area is 189 Å². The van der Waals surface area contributed by atoms with Crippen molar-refractivity contribution in [3.63, 3.8) is 0 Å². The molecule has 0 fully saturated rings. The van der Waals surface area contributed by atoms with Gasteiger partial charge >= 0.3 is 0 Å². The summed E-state index contributed by atoms with van der Waals surface area (Å²) in [6.07, 6.45) is -0.142. The Bertz CT molecular complexity index is 1150. The second kappa shape index (κ2) is 8.69. The van der Waals surface area contributed by atoms with Gasteiger partial charge in [-0.15, -0.1) is 11.3 Å². The highest BCUT2D eigenvalue weighted by atomic mass is 35.5. The predicted molar refractivity (Wildman–Crippen MR) is 124 cm³/mol. The summed E-state index contributed by atoms with van der Waals surface area (Å²) < 4.78 is 5.93. The molecule has 1 N–H and O–H groups in total. The molecule has 2 atom stereocenters. The van der Waals surface area contributed by atoms with Gasteiger partial charge in [-0.25, -0.2) is 4.98 Å². The first-order chi connectivity index (χ1) is 14.9. The molecule has 0 bridgehead atoms. The predicted octanol–water partition coefficient (Wildman–Crippen LogP) is 5.30. The van der Waals surface area contributed by atoms with Crippen LogP contribution in [0.5, 0.6) is 5.75 Å². The Morgan fingerprint density at radius 3 is 2.77 bits per heavy atom. The van der Waals surface area contributed by atoms with Crippen LogP contribution in [0.1, 0.15) is 25.3 Å². The highest BCUT2D eigenvalue weighted by Crippen LogP contribution is 2.39. The van der Waals surface area contributed by atoms with Gasteiger partial charge in [0.15, 0.2) is 6.10 Å². The van der Waals surface area contributed by atoms with Crippen molar-refractivity contribution in [1.82, 2.24) is 4.98 Å². The fourth-order valence-electron chi connectivity index (χ4n) is 3.51. The second-order valence-corrected chi connectivity index (χ2v) is 8.77. The number of rotatable bonds is 5. The van der Waals surface area contributed by atoms with E-state index in [0.29, 0.717) is 28.6 Å². The lowest BCUT2D eigenvalue weighted by molar-refractivity contribution is -0.129. The van der Waals surface area contributed by atoms with E-state index in [1.54, 1.807) is 42.5 Å². The average molecular weight is 456 g/mol. The van der Waals surface area contributed by atoms with E-state index < -0.39 is 12.1 Å². The number of aryl methyl sites for hydroxylation is 1. The molecule has 2 heterocycles. The molecule has 1 aliphatic rings. The number of halogens is 1. The molecule has 2 unspecified atom stereocenters. The summed E-state index contributed by atoms with van der Waals surface area (Å²) >= 11 is 7.74. The molecule has 2 aromatic carbocycles. The molecular weight excluding hydrogens is 434 g/mol. The van der Waals surface area contributed by atoms with Gasteiger partial charge in [-0.1, -0.05) is 30.7 Å². The van der Waals surface area contributed by atoms with Crippen LogP contribution in [0.25, 0.3) is 11.3 Å². The Hall–Kier alpha value is -2.90. The molecule has 160 valence electrons. The van der Waals surface area contributed by atoms with Crippen molar-refractivity contribution in [2.24, 2.45) is 0 Å². The number of amides is 2. The number of para-hydroxylation sites is 1. The molecule has 0 saturated heterocycles. The maximum Gasteiger partial charge on any atom is 0.268 e. The van der Waals surface area contributed by atoms with E-state index in [9.17, 15) is 9.59 Å². The number of nitrogens with zero attached hydrogens (tertiary/aromatic N) is 2. The van der Waals surface area contributed by atoms with Crippen molar-refractivity contribution < 1.29 is 14.3 Å². The summed E-state index contributed by atoms with van der Waals surface area (Å²) in [5, 5.41) is 6.18. The molecule has 0 spiro atoms. The van der Waals surface area contributed by atoms with Gasteiger partial charge < -0.3 is 10.1 Å². The summed E-state index contributed by atoms with van der Waals surface area (Å²) in [5.74, 6) is -0.0120. The van der Waals surface area contributed by atoms with E-state index in [0.717, 1.165) is 16.3 Å². The number of ether oxygens (including phenoxy) is 1. The van der Waals surface area contributed by atoms with E-state index in [4.69, 9.17) is 16.3 Å². The minimum absolute atomic E-state index is 0.247. The fraction of sp³-hybridized carbons (Fsp3) is 0.261. The number of nitrogens with one attached hydrogen (secondary N) is 1. The molecule has 6 nitrogen and oxygen atoms in total. The maximum absolute atomic E-state index is 13.2. The standard InChI is InChI=1S/C23H22ClN3O3S/c1-4-20-23(29)27(13(2)22(28)26-17-8-6-5-7-16(17)24)19-11-15(9-10-21(19)30-20)18-12-31-14(3)25-18/h5-13,20H,4H2,1-3H3,(H,26,28). The molecule has 1 aliphatic heterocycles. The number of carbonyl (C=O) groups excluding carboxylic acids is 2. The Kier molecular flexibility index (Phi) is 5.98. The Morgan fingerprint density at radius 2 is 2.10 bits per heavy atom. The van der Waals surface area contributed by atoms with Gasteiger partial charge in [-0.05, 0) is 50.6 Å². The topological polar surface area (TPSA) is 71.5 Å². The van der Waals surface area contributed by atoms with Crippen molar-refractivity contribution in [3.05, 3.63) is 57.9 Å². The van der Waals surface area contributed by atoms with E-state index in [1.165, 1.54) is 4.90 Å². The highest BCUT2D eigenvalue weighted by molar-refractivity contribution is 7.09. The lowest BCUT2D eigenvalue weighted by Gasteiger charge is -2.37. The van der Waals surface area contributed by atoms with Crippen LogP contribution in [-0.4, -0.2) is 28.9 Å². The van der Waals surface area contributed by atoms with Crippen LogP contribution in [0.15, 0.2) is 47.8 Å². The van der Waals surface area contributed by atoms with Crippen LogP contribution in [-0.2, 0) is 9.59 Å². The molecule has 1 aromatic heterocycles. The smallest absolute Gasteiger partial charge is 0.268 e. The van der Waals surface area contributed by atoms with Crippen LogP contribution in [0.2, 0.25) is 5.02 Å². The molecule has 3 aromatic rings. The van der Waals surface area contributed by atoms with Crippen LogP contribution in [0.3, 0.4) is 0 Å². The minimum Gasteiger partial charge on any atom is -0.478 e. The minimum atomic E-state index is -0.770. The van der Waals surface area contributed by atoms with Crippen molar-refractivity contribution in [3.8, 4) is 17.0 Å². The number of benzene rings is 2. The number of thiazole rings is 1. The van der Waals surface area contributed by atoms with Crippen molar-refractivity contribution in [2.75, 3.05) is 10.2 Å². The molecule has 2 amide bonds. The van der Waals surface area contributed by atoms with Crippen LogP contribution >= 0.6 is 22.9 Å². The first-order valence-corrected chi connectivity index (χ1v) is 11.3. The summed E-state index contributed by atoms with van der Waals surface area (Å²) in [6.45, 7) is 5.52. The van der Waals surface area contributed by atoms with E-state index in [2.05, 4.69) is 10.3 Å². The van der Waals surface area contributed by atoms with Gasteiger partial charge in [0.25, 0.3) is 5.91 Å². The van der Waals surface area contributed by atoms with Crippen molar-refractivity contribution >= 4 is 46.1 Å². The number of aromatic nitrogens is 1. The third-order valence-corrected chi connectivity index (χ3v) is 6.29. The van der Waals surface area contributed by atoms with Crippen molar-refractivity contribution in [2.45, 2.75) is 39.3 Å². The first-order valence-electron chi connectivity index (χ1n) is 10.0. The lowest BCUT2D eigenvalue weighted by atomic mass is 10.0. The number of hydrogen-bond acceptors (Lipinski definition) is 5. The van der Waals surface area contributed by atoms with Crippen LogP contribution in [0.4, 0.5) is 11.4 Å². The van der Waals surface area contributed by atoms with Gasteiger partial charge in [-0.3, -0.25) is 14.5 Å². The number of carbonyl (C=O) groups is 2. The van der Waals surface area contributed by atoms with E-state index >= 15 is 0 Å². The van der Waals surface area contributed by atoms with Gasteiger partial charge in [0.2, 0.25) is 5.91 Å². The maximum atomic E-state index is 13.2. The average Bonchev–Trinajstić information content (AvgIpc) is 3.20. The summed E-state index contributed by atoms with van der Waals surface area (Å²) in [6, 6.07) is 11.8. The zero-order chi connectivity index (χ0) is 22.1. The molecular formula is C23H22ClN3O3S. The summed E-state index contributed by atoms with van der Waals surface area (Å²) in [5.41, 5.74) is 2.74. The zero-order valence-electron chi connectivity index (χ0n) is 17.4. The molecule has 8 heteroatoms. The summed E-state index contributed by atoms with van der Waals surface area (Å²) in [4.78, 5) is 32.3. The summed E-state index contributed by atoms with van der Waals surface area (Å²) in [7, 11) is 0. The van der Waals surface area contributed by atoms with Gasteiger partial charge in [0.05, 0.1) is 27.1 Å². The monoisotopic (exact) mass is 455 g/mol. The zero-order valence-corrected chi connectivity index (χ0v) is 19.0. The van der Waals surface area contributed by atoms with Gasteiger partial charge in [0, 0.05) is 10.9 Å². The molecule has 0 radical (unpaired) electrons. The fourth-order valence-corrected chi connectivity index (χ4v) is 4.32. The largest absolute Gasteiger partial charge is 0.478 e. The molecule has 31 heavy (non-hydrogen) atoms. The normalized spacial score (nSPS) is 16.5. The van der Waals surface area contributed by atoms with Crippen molar-refractivity contribution in [1.29, 1.82) is 0 Å². The SMILES string of the molecule is CCC1Oc2ccc(-c3csc(C)n3)cc2N(C(C)C(=O)Nc2ccccc2Cl)C1=O. The highest BCUT2D eigenvalue weighted by Gasteiger charge is 2.38.